The molecule has 0 aliphatic heterocycles. The highest BCUT2D eigenvalue weighted by molar-refractivity contribution is 6.03. The predicted octanol–water partition coefficient (Wildman–Crippen LogP) is 3.38. The summed E-state index contributed by atoms with van der Waals surface area (Å²) >= 11 is 0. The minimum Gasteiger partial charge on any atom is -0.493 e. The molecule has 2 heterocycles. The standard InChI is InChI=1S/C21H24N4O4/c1-12-19(13(2)25(3)24-12)15-8-7-9-16(23-15)21(26)22-14-10-17(27-4)20(29-6)18(11-14)28-5/h7-11H,1-6H3,(H,22,26). The highest BCUT2D eigenvalue weighted by Gasteiger charge is 2.18. The molecular weight excluding hydrogens is 372 g/mol. The fourth-order valence-electron chi connectivity index (χ4n) is 3.19. The number of pyridine rings is 1. The summed E-state index contributed by atoms with van der Waals surface area (Å²) in [7, 11) is 6.45. The SMILES string of the molecule is COc1cc(NC(=O)c2cccc(-c3c(C)nn(C)c3C)n2)cc(OC)c1OC. The Morgan fingerprint density at radius 1 is 1.03 bits per heavy atom. The first-order chi connectivity index (χ1) is 13.9. The number of nitrogens with one attached hydrogen (secondary N) is 1. The Kier molecular flexibility index (Phi) is 5.72. The number of hydrogen-bond donors (Lipinski definition) is 1. The topological polar surface area (TPSA) is 87.5 Å². The summed E-state index contributed by atoms with van der Waals surface area (Å²) in [4.78, 5) is 17.4. The summed E-state index contributed by atoms with van der Waals surface area (Å²) in [5.41, 5.74) is 4.27. The van der Waals surface area contributed by atoms with Gasteiger partial charge >= 0.3 is 0 Å². The Balaban J connectivity index is 1.93. The van der Waals surface area contributed by atoms with Crippen LogP contribution in [0, 0.1) is 13.8 Å². The zero-order valence-electron chi connectivity index (χ0n) is 17.4. The number of benzene rings is 1. The number of nitrogens with zero attached hydrogens (tertiary/aromatic N) is 3. The number of anilines is 1. The fraction of sp³-hybridized carbons (Fsp3) is 0.286. The van der Waals surface area contributed by atoms with E-state index in [-0.39, 0.29) is 5.91 Å². The maximum atomic E-state index is 12.8. The van der Waals surface area contributed by atoms with E-state index in [2.05, 4.69) is 15.4 Å². The lowest BCUT2D eigenvalue weighted by molar-refractivity contribution is 0.102. The monoisotopic (exact) mass is 396 g/mol. The molecule has 1 aromatic carbocycles. The number of carbonyl (C=O) groups excluding carboxylic acids is 1. The van der Waals surface area contributed by atoms with Crippen molar-refractivity contribution in [2.75, 3.05) is 26.6 Å². The lowest BCUT2D eigenvalue weighted by Crippen LogP contribution is -2.14. The summed E-state index contributed by atoms with van der Waals surface area (Å²) in [6.07, 6.45) is 0. The first-order valence-corrected chi connectivity index (χ1v) is 8.98. The maximum Gasteiger partial charge on any atom is 0.274 e. The van der Waals surface area contributed by atoms with Crippen molar-refractivity contribution in [3.05, 3.63) is 47.4 Å². The Bertz CT molecular complexity index is 1030. The second-order valence-corrected chi connectivity index (χ2v) is 6.45. The van der Waals surface area contributed by atoms with Crippen LogP contribution in [0.2, 0.25) is 0 Å². The molecule has 0 unspecified atom stereocenters. The van der Waals surface area contributed by atoms with Gasteiger partial charge in [-0.15, -0.1) is 0 Å². The van der Waals surface area contributed by atoms with Gasteiger partial charge in [0.1, 0.15) is 5.69 Å². The van der Waals surface area contributed by atoms with Crippen LogP contribution < -0.4 is 19.5 Å². The molecule has 0 spiro atoms. The molecule has 1 amide bonds. The van der Waals surface area contributed by atoms with Crippen molar-refractivity contribution in [3.63, 3.8) is 0 Å². The number of carbonyl (C=O) groups is 1. The molecule has 2 aromatic heterocycles. The van der Waals surface area contributed by atoms with Gasteiger partial charge in [-0.25, -0.2) is 4.98 Å². The van der Waals surface area contributed by atoms with E-state index < -0.39 is 0 Å². The van der Waals surface area contributed by atoms with E-state index in [4.69, 9.17) is 14.2 Å². The molecule has 0 radical (unpaired) electrons. The summed E-state index contributed by atoms with van der Waals surface area (Å²) in [6.45, 7) is 3.90. The van der Waals surface area contributed by atoms with Crippen LogP contribution in [-0.2, 0) is 7.05 Å². The van der Waals surface area contributed by atoms with Gasteiger partial charge in [-0.2, -0.15) is 5.10 Å². The van der Waals surface area contributed by atoms with Gasteiger partial charge in [-0.3, -0.25) is 9.48 Å². The average Bonchev–Trinajstić information content (AvgIpc) is 2.98. The van der Waals surface area contributed by atoms with Crippen LogP contribution in [0.5, 0.6) is 17.2 Å². The van der Waals surface area contributed by atoms with Crippen molar-refractivity contribution in [1.29, 1.82) is 0 Å². The highest BCUT2D eigenvalue weighted by Crippen LogP contribution is 2.40. The molecule has 29 heavy (non-hydrogen) atoms. The van der Waals surface area contributed by atoms with Gasteiger partial charge in [0.15, 0.2) is 11.5 Å². The van der Waals surface area contributed by atoms with E-state index in [1.54, 1.807) is 28.9 Å². The van der Waals surface area contributed by atoms with Gasteiger partial charge < -0.3 is 19.5 Å². The van der Waals surface area contributed by atoms with Crippen molar-refractivity contribution in [3.8, 4) is 28.5 Å². The number of aromatic nitrogens is 3. The van der Waals surface area contributed by atoms with Crippen LogP contribution in [0.4, 0.5) is 5.69 Å². The van der Waals surface area contributed by atoms with Crippen molar-refractivity contribution in [1.82, 2.24) is 14.8 Å². The fourth-order valence-corrected chi connectivity index (χ4v) is 3.19. The summed E-state index contributed by atoms with van der Waals surface area (Å²) in [6, 6.07) is 8.67. The van der Waals surface area contributed by atoms with Crippen molar-refractivity contribution >= 4 is 11.6 Å². The molecule has 0 aliphatic carbocycles. The number of aryl methyl sites for hydroxylation is 2. The molecule has 0 aliphatic rings. The number of hydrogen-bond acceptors (Lipinski definition) is 6. The molecule has 1 N–H and O–H groups in total. The van der Waals surface area contributed by atoms with Crippen LogP contribution in [0.1, 0.15) is 21.9 Å². The van der Waals surface area contributed by atoms with Gasteiger partial charge in [0.05, 0.1) is 32.7 Å². The van der Waals surface area contributed by atoms with E-state index in [0.29, 0.717) is 34.3 Å². The Morgan fingerprint density at radius 3 is 2.21 bits per heavy atom. The van der Waals surface area contributed by atoms with Gasteiger partial charge in [0.2, 0.25) is 5.75 Å². The lowest BCUT2D eigenvalue weighted by atomic mass is 10.1. The van der Waals surface area contributed by atoms with E-state index in [0.717, 1.165) is 17.0 Å². The zero-order chi connectivity index (χ0) is 21.1. The molecule has 0 bridgehead atoms. The van der Waals surface area contributed by atoms with Gasteiger partial charge in [-0.05, 0) is 26.0 Å². The quantitative estimate of drug-likeness (QED) is 0.687. The molecule has 0 fully saturated rings. The molecule has 8 nitrogen and oxygen atoms in total. The normalized spacial score (nSPS) is 10.6. The first kappa shape index (κ1) is 20.2. The second-order valence-electron chi connectivity index (χ2n) is 6.45. The molecule has 3 aromatic rings. The Morgan fingerprint density at radius 2 is 1.69 bits per heavy atom. The summed E-state index contributed by atoms with van der Waals surface area (Å²) in [5, 5.41) is 7.25. The molecule has 8 heteroatoms. The van der Waals surface area contributed by atoms with Crippen LogP contribution in [-0.4, -0.2) is 42.0 Å². The third-order valence-electron chi connectivity index (χ3n) is 4.67. The first-order valence-electron chi connectivity index (χ1n) is 8.98. The van der Waals surface area contributed by atoms with Crippen LogP contribution in [0.25, 0.3) is 11.3 Å². The average molecular weight is 396 g/mol. The van der Waals surface area contributed by atoms with Gasteiger partial charge in [0.25, 0.3) is 5.91 Å². The Labute approximate surface area is 169 Å². The third-order valence-corrected chi connectivity index (χ3v) is 4.67. The molecule has 152 valence electrons. The number of methoxy groups -OCH3 is 3. The van der Waals surface area contributed by atoms with Crippen LogP contribution in [0.15, 0.2) is 30.3 Å². The molecular formula is C21H24N4O4. The van der Waals surface area contributed by atoms with Crippen molar-refractivity contribution in [2.24, 2.45) is 7.05 Å². The minimum atomic E-state index is -0.347. The smallest absolute Gasteiger partial charge is 0.274 e. The van der Waals surface area contributed by atoms with Gasteiger partial charge in [-0.1, -0.05) is 6.07 Å². The minimum absolute atomic E-state index is 0.291. The number of ether oxygens (including phenoxy) is 3. The van der Waals surface area contributed by atoms with Crippen LogP contribution in [0.3, 0.4) is 0 Å². The van der Waals surface area contributed by atoms with E-state index in [1.165, 1.54) is 21.3 Å². The summed E-state index contributed by atoms with van der Waals surface area (Å²) < 4.78 is 17.8. The predicted molar refractivity (Wildman–Crippen MR) is 110 cm³/mol. The lowest BCUT2D eigenvalue weighted by Gasteiger charge is -2.14. The molecule has 3 rings (SSSR count). The Hall–Kier alpha value is -3.55. The largest absolute Gasteiger partial charge is 0.493 e. The summed E-state index contributed by atoms with van der Waals surface area (Å²) in [5.74, 6) is 1.01. The molecule has 0 saturated carbocycles. The van der Waals surface area contributed by atoms with E-state index >= 15 is 0 Å². The molecule has 0 saturated heterocycles. The van der Waals surface area contributed by atoms with Crippen LogP contribution >= 0.6 is 0 Å². The zero-order valence-corrected chi connectivity index (χ0v) is 17.4. The van der Waals surface area contributed by atoms with E-state index in [1.807, 2.05) is 27.0 Å². The van der Waals surface area contributed by atoms with E-state index in [9.17, 15) is 4.79 Å². The van der Waals surface area contributed by atoms with Crippen molar-refractivity contribution < 1.29 is 19.0 Å². The van der Waals surface area contributed by atoms with Crippen molar-refractivity contribution in [2.45, 2.75) is 13.8 Å². The third kappa shape index (κ3) is 3.87. The second kappa shape index (κ2) is 8.22. The molecule has 0 atom stereocenters. The highest BCUT2D eigenvalue weighted by atomic mass is 16.5. The number of rotatable bonds is 6. The maximum absolute atomic E-state index is 12.8. The van der Waals surface area contributed by atoms with Gasteiger partial charge in [0, 0.05) is 36.1 Å². The number of amides is 1.